The Morgan fingerprint density at radius 3 is 2.30 bits per heavy atom. The molecule has 5 heteroatoms. The summed E-state index contributed by atoms with van der Waals surface area (Å²) in [6.07, 6.45) is 1.65. The van der Waals surface area contributed by atoms with Gasteiger partial charge < -0.3 is 10.6 Å². The molecule has 0 bridgehead atoms. The Morgan fingerprint density at radius 2 is 1.70 bits per heavy atom. The van der Waals surface area contributed by atoms with Crippen molar-refractivity contribution >= 4 is 33.8 Å². The minimum Gasteiger partial charge on any atom is -0.351 e. The fraction of sp³-hybridized carbons (Fsp3) is 0.111. The molecular formula is C18H17BrN2O2. The lowest BCUT2D eigenvalue weighted by Crippen LogP contribution is -2.34. The normalized spacial score (nSPS) is 11.0. The average Bonchev–Trinajstić information content (AvgIpc) is 2.57. The van der Waals surface area contributed by atoms with Crippen LogP contribution in [0.1, 0.15) is 22.8 Å². The van der Waals surface area contributed by atoms with Crippen molar-refractivity contribution in [1.29, 1.82) is 0 Å². The van der Waals surface area contributed by atoms with Crippen molar-refractivity contribution in [3.63, 3.8) is 0 Å². The first-order valence-corrected chi connectivity index (χ1v) is 8.01. The third-order valence-electron chi connectivity index (χ3n) is 3.05. The van der Waals surface area contributed by atoms with Crippen LogP contribution in [0.4, 0.5) is 0 Å². The van der Waals surface area contributed by atoms with E-state index in [1.807, 2.05) is 37.3 Å². The second-order valence-electron chi connectivity index (χ2n) is 4.79. The van der Waals surface area contributed by atoms with Gasteiger partial charge in [0.25, 0.3) is 11.8 Å². The smallest absolute Gasteiger partial charge is 0.267 e. The van der Waals surface area contributed by atoms with E-state index in [1.54, 1.807) is 30.3 Å². The summed E-state index contributed by atoms with van der Waals surface area (Å²) in [5, 5.41) is 5.38. The van der Waals surface area contributed by atoms with Crippen LogP contribution >= 0.6 is 15.9 Å². The van der Waals surface area contributed by atoms with Crippen molar-refractivity contribution in [3.8, 4) is 0 Å². The molecule has 0 aliphatic carbocycles. The second-order valence-corrected chi connectivity index (χ2v) is 5.70. The van der Waals surface area contributed by atoms with Gasteiger partial charge in [0.15, 0.2) is 0 Å². The number of rotatable bonds is 5. The number of carbonyl (C=O) groups is 2. The fourth-order valence-corrected chi connectivity index (χ4v) is 2.19. The zero-order chi connectivity index (χ0) is 16.7. The maximum Gasteiger partial charge on any atom is 0.267 e. The van der Waals surface area contributed by atoms with Gasteiger partial charge in [0.05, 0.1) is 0 Å². The minimum absolute atomic E-state index is 0.211. The number of likely N-dealkylation sites (N-methyl/N-ethyl adjacent to an activating group) is 1. The van der Waals surface area contributed by atoms with Crippen LogP contribution in [0.3, 0.4) is 0 Å². The fourth-order valence-electron chi connectivity index (χ4n) is 1.92. The highest BCUT2D eigenvalue weighted by molar-refractivity contribution is 9.10. The van der Waals surface area contributed by atoms with Gasteiger partial charge in [-0.3, -0.25) is 9.59 Å². The Hall–Kier alpha value is -2.40. The molecule has 0 heterocycles. The van der Waals surface area contributed by atoms with Crippen LogP contribution in [0.5, 0.6) is 0 Å². The molecule has 0 atom stereocenters. The van der Waals surface area contributed by atoms with Crippen LogP contribution in [0, 0.1) is 0 Å². The van der Waals surface area contributed by atoms with E-state index < -0.39 is 0 Å². The second kappa shape index (κ2) is 8.29. The summed E-state index contributed by atoms with van der Waals surface area (Å²) in [6.45, 7) is 2.31. The Balaban J connectivity index is 2.25. The first-order valence-electron chi connectivity index (χ1n) is 7.22. The van der Waals surface area contributed by atoms with Crippen molar-refractivity contribution in [3.05, 3.63) is 75.9 Å². The third kappa shape index (κ3) is 5.07. The van der Waals surface area contributed by atoms with Crippen LogP contribution in [-0.4, -0.2) is 18.4 Å². The molecule has 0 aliphatic heterocycles. The van der Waals surface area contributed by atoms with Gasteiger partial charge in [-0.2, -0.15) is 0 Å². The van der Waals surface area contributed by atoms with Gasteiger partial charge in [-0.25, -0.2) is 0 Å². The Morgan fingerprint density at radius 1 is 1.04 bits per heavy atom. The topological polar surface area (TPSA) is 58.2 Å². The van der Waals surface area contributed by atoms with E-state index >= 15 is 0 Å². The lowest BCUT2D eigenvalue weighted by Gasteiger charge is -2.10. The molecule has 0 fully saturated rings. The Labute approximate surface area is 143 Å². The molecule has 2 aromatic rings. The highest BCUT2D eigenvalue weighted by Crippen LogP contribution is 2.13. The molecule has 4 nitrogen and oxygen atoms in total. The maximum atomic E-state index is 12.3. The van der Waals surface area contributed by atoms with Gasteiger partial charge in [0.1, 0.15) is 5.70 Å². The Bertz CT molecular complexity index is 710. The van der Waals surface area contributed by atoms with Crippen LogP contribution in [0.15, 0.2) is 64.8 Å². The number of hydrogen-bond donors (Lipinski definition) is 2. The zero-order valence-corrected chi connectivity index (χ0v) is 14.3. The number of amides is 2. The molecule has 2 rings (SSSR count). The van der Waals surface area contributed by atoms with Crippen molar-refractivity contribution in [2.24, 2.45) is 0 Å². The van der Waals surface area contributed by atoms with Crippen LogP contribution < -0.4 is 10.6 Å². The lowest BCUT2D eigenvalue weighted by atomic mass is 10.1. The van der Waals surface area contributed by atoms with Crippen LogP contribution in [-0.2, 0) is 4.79 Å². The van der Waals surface area contributed by atoms with E-state index in [4.69, 9.17) is 0 Å². The number of nitrogens with one attached hydrogen (secondary N) is 2. The lowest BCUT2D eigenvalue weighted by molar-refractivity contribution is -0.117. The summed E-state index contributed by atoms with van der Waals surface area (Å²) in [5.74, 6) is -0.639. The summed E-state index contributed by atoms with van der Waals surface area (Å²) in [4.78, 5) is 24.4. The van der Waals surface area contributed by atoms with Gasteiger partial charge in [0, 0.05) is 16.6 Å². The average molecular weight is 373 g/mol. The van der Waals surface area contributed by atoms with Crippen molar-refractivity contribution in [2.75, 3.05) is 6.54 Å². The highest BCUT2D eigenvalue weighted by Gasteiger charge is 2.13. The van der Waals surface area contributed by atoms with Gasteiger partial charge in [-0.1, -0.05) is 46.3 Å². The summed E-state index contributed by atoms with van der Waals surface area (Å²) in [7, 11) is 0. The molecule has 0 aliphatic rings. The molecule has 2 aromatic carbocycles. The zero-order valence-electron chi connectivity index (χ0n) is 12.7. The van der Waals surface area contributed by atoms with E-state index in [9.17, 15) is 9.59 Å². The molecule has 0 aromatic heterocycles. The highest BCUT2D eigenvalue weighted by atomic mass is 79.9. The molecule has 0 saturated carbocycles. The molecule has 2 amide bonds. The van der Waals surface area contributed by atoms with E-state index in [-0.39, 0.29) is 17.5 Å². The summed E-state index contributed by atoms with van der Waals surface area (Å²) >= 11 is 3.37. The predicted molar refractivity (Wildman–Crippen MR) is 94.7 cm³/mol. The van der Waals surface area contributed by atoms with E-state index in [1.165, 1.54) is 0 Å². The summed E-state index contributed by atoms with van der Waals surface area (Å²) < 4.78 is 0.947. The van der Waals surface area contributed by atoms with E-state index in [0.717, 1.165) is 10.0 Å². The van der Waals surface area contributed by atoms with Gasteiger partial charge in [-0.05, 0) is 42.8 Å². The number of benzene rings is 2. The SMILES string of the molecule is CCNC(=O)C(=Cc1ccc(Br)cc1)NC(=O)c1ccccc1. The van der Waals surface area contributed by atoms with E-state index in [0.29, 0.717) is 12.1 Å². The van der Waals surface area contributed by atoms with Crippen LogP contribution in [0.25, 0.3) is 6.08 Å². The van der Waals surface area contributed by atoms with Crippen molar-refractivity contribution in [1.82, 2.24) is 10.6 Å². The molecule has 2 N–H and O–H groups in total. The number of halogens is 1. The molecule has 23 heavy (non-hydrogen) atoms. The van der Waals surface area contributed by atoms with Crippen LogP contribution in [0.2, 0.25) is 0 Å². The van der Waals surface area contributed by atoms with Gasteiger partial charge in [0.2, 0.25) is 0 Å². The standard InChI is InChI=1S/C18H17BrN2O2/c1-2-20-18(23)16(12-13-8-10-15(19)11-9-13)21-17(22)14-6-4-3-5-7-14/h3-12H,2H2,1H3,(H,20,23)(H,21,22). The van der Waals surface area contributed by atoms with Crippen molar-refractivity contribution < 1.29 is 9.59 Å². The third-order valence-corrected chi connectivity index (χ3v) is 3.58. The maximum absolute atomic E-state index is 12.3. The number of hydrogen-bond acceptors (Lipinski definition) is 2. The van der Waals surface area contributed by atoms with Gasteiger partial charge >= 0.3 is 0 Å². The summed E-state index contributed by atoms with van der Waals surface area (Å²) in [6, 6.07) is 16.3. The number of carbonyl (C=O) groups excluding carboxylic acids is 2. The minimum atomic E-state index is -0.320. The molecule has 0 spiro atoms. The molecular weight excluding hydrogens is 356 g/mol. The van der Waals surface area contributed by atoms with Crippen molar-refractivity contribution in [2.45, 2.75) is 6.92 Å². The monoisotopic (exact) mass is 372 g/mol. The first-order chi connectivity index (χ1) is 11.1. The largest absolute Gasteiger partial charge is 0.351 e. The molecule has 118 valence electrons. The summed E-state index contributed by atoms with van der Waals surface area (Å²) in [5.41, 5.74) is 1.53. The molecule has 0 unspecified atom stereocenters. The first kappa shape index (κ1) is 17.0. The van der Waals surface area contributed by atoms with E-state index in [2.05, 4.69) is 26.6 Å². The molecule has 0 saturated heterocycles. The predicted octanol–water partition coefficient (Wildman–Crippen LogP) is 3.36. The Kier molecular flexibility index (Phi) is 6.11. The quantitative estimate of drug-likeness (QED) is 0.790. The van der Waals surface area contributed by atoms with Gasteiger partial charge in [-0.15, -0.1) is 0 Å². The molecule has 0 radical (unpaired) electrons.